The summed E-state index contributed by atoms with van der Waals surface area (Å²) in [6.45, 7) is 4.27. The number of tetrazole rings is 3. The van der Waals surface area contributed by atoms with Crippen LogP contribution in [0.2, 0.25) is 0 Å². The van der Waals surface area contributed by atoms with E-state index >= 15 is 0 Å². The number of aliphatic hydroxyl groups excluding tert-OH is 1. The number of nitrogens with zero attached hydrogens (tertiary/aromatic N) is 17. The van der Waals surface area contributed by atoms with E-state index in [0.29, 0.717) is 33.8 Å². The Morgan fingerprint density at radius 2 is 0.689 bits per heavy atom. The fourth-order valence-electron chi connectivity index (χ4n) is 9.73. The van der Waals surface area contributed by atoms with Crippen molar-refractivity contribution in [1.29, 1.82) is 0 Å². The van der Waals surface area contributed by atoms with Crippen LogP contribution < -0.4 is 103 Å². The number of non-ortho nitro benzene ring substituents is 4. The van der Waals surface area contributed by atoms with Gasteiger partial charge >= 0.3 is 112 Å². The third kappa shape index (κ3) is 19.5. The quantitative estimate of drug-likeness (QED) is 0.0256. The van der Waals surface area contributed by atoms with Gasteiger partial charge in [0.1, 0.15) is 47.4 Å². The maximum atomic E-state index is 11.9. The zero-order valence-electron chi connectivity index (χ0n) is 55.4. The van der Waals surface area contributed by atoms with E-state index in [1.54, 1.807) is 75.4 Å². The fourth-order valence-corrected chi connectivity index (χ4v) is 12.7. The van der Waals surface area contributed by atoms with Crippen molar-refractivity contribution >= 4 is 104 Å². The van der Waals surface area contributed by atoms with Crippen molar-refractivity contribution in [2.45, 2.75) is 42.1 Å². The Kier molecular flexibility index (Phi) is 27.9. The molecule has 106 heavy (non-hydrogen) atoms. The van der Waals surface area contributed by atoms with Gasteiger partial charge in [-0.05, 0) is 228 Å². The molecule has 0 aliphatic carbocycles. The molecule has 1 N–H and O–H groups in total. The van der Waals surface area contributed by atoms with Crippen molar-refractivity contribution in [2.75, 3.05) is 0 Å². The molecular weight excluding hydrogens is 1710 g/mol. The zero-order valence-corrected chi connectivity index (χ0v) is 68.2. The number of aryl methyl sites for hydroxylation is 3. The Labute approximate surface area is 691 Å². The molecule has 0 spiro atoms. The van der Waals surface area contributed by atoms with E-state index < -0.39 is 87.6 Å². The van der Waals surface area contributed by atoms with Gasteiger partial charge in [0.15, 0.2) is 11.4 Å². The predicted molar refractivity (Wildman–Crippen MR) is 368 cm³/mol. The molecule has 0 amide bonds. The van der Waals surface area contributed by atoms with E-state index in [1.165, 1.54) is 111 Å². The normalized spacial score (nSPS) is 11.1. The molecule has 45 heteroatoms. The van der Waals surface area contributed by atoms with Gasteiger partial charge < -0.3 is 18.8 Å². The van der Waals surface area contributed by atoms with Crippen LogP contribution in [0.5, 0.6) is 0 Å². The van der Waals surface area contributed by atoms with Gasteiger partial charge in [-0.2, -0.15) is 0 Å². The second-order valence-electron chi connectivity index (χ2n) is 21.6. The van der Waals surface area contributed by atoms with Crippen LogP contribution in [0.15, 0.2) is 203 Å². The summed E-state index contributed by atoms with van der Waals surface area (Å²) in [7, 11) is -14.6. The van der Waals surface area contributed by atoms with Crippen LogP contribution in [0.1, 0.15) is 22.3 Å². The van der Waals surface area contributed by atoms with Crippen LogP contribution in [-0.4, -0.2) is 114 Å². The van der Waals surface area contributed by atoms with E-state index in [9.17, 15) is 94.6 Å². The van der Waals surface area contributed by atoms with Gasteiger partial charge in [0.05, 0.1) is 84.0 Å². The minimum atomic E-state index is -4.92. The molecule has 12 aromatic rings. The summed E-state index contributed by atoms with van der Waals surface area (Å²) in [6.07, 6.45) is 0. The molecule has 0 radical (unpaired) electrons. The van der Waals surface area contributed by atoms with Gasteiger partial charge in [-0.25, -0.2) is 25.3 Å². The molecule has 0 fully saturated rings. The van der Waals surface area contributed by atoms with Gasteiger partial charge in [0, 0.05) is 75.6 Å². The van der Waals surface area contributed by atoms with Gasteiger partial charge in [0.25, 0.3) is 28.4 Å². The SMILES string of the molecule is Cc1ccc(-c2nn(-c3ccc(I)cc3)[n+](-c3ccc([N+](=O)[O-])cc3)n2)c(S(=O)(=O)[O-])c1.Cc1ccc(-c2nn(-c3ccc(I)cc3)[n+](-c3ccc([N+](=O)[O-])cc3[N+](=O)[O-])n2)c(S(=O)(=O)[O-])c1.Cc1ccc(-c2nn(-c3ccc([N+](=O)[O-])cc3)[n+](-c3ccc([N+](=O)[O-])cc3CO)n2)c(S(=O)(=O)[O-])c1.[Na+].[Na+].[Na+]. The van der Waals surface area contributed by atoms with Crippen LogP contribution in [0.3, 0.4) is 0 Å². The first-order valence-electron chi connectivity index (χ1n) is 28.8. The molecule has 524 valence electrons. The maximum absolute atomic E-state index is 11.9. The third-order valence-electron chi connectivity index (χ3n) is 14.6. The first-order chi connectivity index (χ1) is 48.6. The molecule has 0 atom stereocenters. The molecular formula is C61H43I2N17Na3O20S3+3. The minimum absolute atomic E-state index is 0. The Hall–Kier alpha value is -8.66. The third-order valence-corrected chi connectivity index (χ3v) is 18.6. The van der Waals surface area contributed by atoms with Gasteiger partial charge in [-0.15, -0.1) is 0 Å². The van der Waals surface area contributed by atoms with E-state index in [1.807, 2.05) is 12.1 Å². The molecule has 37 nitrogen and oxygen atoms in total. The number of hydrogen-bond donors (Lipinski definition) is 1. The summed E-state index contributed by atoms with van der Waals surface area (Å²) < 4.78 is 109. The van der Waals surface area contributed by atoms with Crippen molar-refractivity contribution in [3.05, 3.63) is 268 Å². The Balaban J connectivity index is 0.000000219. The number of nitro benzene ring substituents is 5. The van der Waals surface area contributed by atoms with E-state index in [4.69, 9.17) is 0 Å². The number of aliphatic hydroxyl groups is 1. The van der Waals surface area contributed by atoms with E-state index in [0.717, 1.165) is 45.8 Å². The van der Waals surface area contributed by atoms with Gasteiger partial charge in [-0.1, -0.05) is 18.2 Å². The molecule has 0 aliphatic rings. The van der Waals surface area contributed by atoms with Gasteiger partial charge in [0.2, 0.25) is 0 Å². The van der Waals surface area contributed by atoms with Crippen LogP contribution in [0.25, 0.3) is 68.3 Å². The average molecular weight is 1750 g/mol. The number of aromatic nitrogens is 12. The molecule has 3 heterocycles. The topological polar surface area (TPSA) is 511 Å². The van der Waals surface area contributed by atoms with Crippen molar-refractivity contribution in [1.82, 2.24) is 45.0 Å². The monoisotopic (exact) mass is 1750 g/mol. The number of nitro groups is 5. The predicted octanol–water partition coefficient (Wildman–Crippen LogP) is -1.47. The van der Waals surface area contributed by atoms with E-state index in [-0.39, 0.29) is 163 Å². The Bertz CT molecular complexity index is 5790. The summed E-state index contributed by atoms with van der Waals surface area (Å²) in [5.41, 5.74) is 1.56. The molecule has 0 saturated heterocycles. The second-order valence-corrected chi connectivity index (χ2v) is 28.1. The van der Waals surface area contributed by atoms with Crippen molar-refractivity contribution in [2.24, 2.45) is 0 Å². The molecule has 12 rings (SSSR count). The molecule has 0 aliphatic heterocycles. The Morgan fingerprint density at radius 3 is 1.03 bits per heavy atom. The molecule has 0 bridgehead atoms. The van der Waals surface area contributed by atoms with Crippen LogP contribution in [0.4, 0.5) is 28.4 Å². The fraction of sp³-hybridized carbons (Fsp3) is 0.0656. The molecule has 0 unspecified atom stereocenters. The number of rotatable bonds is 18. The van der Waals surface area contributed by atoms with E-state index in [2.05, 4.69) is 75.8 Å². The number of hydrogen-bond acceptors (Lipinski definition) is 26. The summed E-state index contributed by atoms with van der Waals surface area (Å²) >= 11 is 4.24. The largest absolute Gasteiger partial charge is 1.00 e. The molecule has 0 saturated carbocycles. The number of halogens is 2. The summed E-state index contributed by atoms with van der Waals surface area (Å²) in [4.78, 5) is 58.5. The smallest absolute Gasteiger partial charge is 0.744 e. The van der Waals surface area contributed by atoms with Crippen LogP contribution in [-0.2, 0) is 37.0 Å². The average Bonchev–Trinajstić information content (AvgIpc) is 1.62. The van der Waals surface area contributed by atoms with Crippen LogP contribution >= 0.6 is 45.2 Å². The molecule has 9 aromatic carbocycles. The first-order valence-corrected chi connectivity index (χ1v) is 35.2. The standard InChI is InChI=1S/C21H16N6O8S.C20H13IN6O7S.C20H14IN5O5S.3Na/c1-13-2-8-18(20(10-13)36(33,34)35)21-22-24(15-3-5-16(6-4-15)26(29)30)25(23-21)19-9-7-17(27(31)32)11-14(19)12-28;1-12-2-8-16(19(10-12)35(32,33)34)20-22-24(14-5-3-13(21)4-6-14)25(23-20)17-9-7-15(26(28)29)11-18(17)27(30)31;1-13-2-11-18(19(12-13)32(29,30)31)20-22-24(15-5-3-14(21)4-6-15)25(23-20)16-7-9-17(10-8-16)26(27)28;;;/h2-11,28H,12H2,1H3;2-11H,1H3;2-12H,1H3;;;/q;;;3*+1. The van der Waals surface area contributed by atoms with Crippen LogP contribution in [0, 0.1) is 78.5 Å². The van der Waals surface area contributed by atoms with Gasteiger partial charge in [-0.3, -0.25) is 50.6 Å². The summed E-state index contributed by atoms with van der Waals surface area (Å²) in [5.74, 6) is -0.382. The number of benzene rings is 9. The minimum Gasteiger partial charge on any atom is -0.744 e. The van der Waals surface area contributed by atoms with Crippen molar-refractivity contribution in [3.8, 4) is 68.3 Å². The van der Waals surface area contributed by atoms with Crippen molar-refractivity contribution < 1.29 is 172 Å². The summed E-state index contributed by atoms with van der Waals surface area (Å²) in [5, 5.41) is 92.1. The maximum Gasteiger partial charge on any atom is 1.00 e. The van der Waals surface area contributed by atoms with Crippen molar-refractivity contribution in [3.63, 3.8) is 0 Å². The first kappa shape index (κ1) is 84.6. The molecule has 3 aromatic heterocycles. The zero-order chi connectivity index (χ0) is 74.7. The Morgan fingerprint density at radius 1 is 0.387 bits per heavy atom. The second kappa shape index (κ2) is 34.9. The summed E-state index contributed by atoms with van der Waals surface area (Å²) in [6, 6.07) is 44.1.